The predicted octanol–water partition coefficient (Wildman–Crippen LogP) is 4.71. The molecule has 1 aromatic carbocycles. The summed E-state index contributed by atoms with van der Waals surface area (Å²) in [6.07, 6.45) is 3.97. The molecule has 1 aromatic heterocycles. The molecule has 0 bridgehead atoms. The summed E-state index contributed by atoms with van der Waals surface area (Å²) >= 11 is 14.3. The van der Waals surface area contributed by atoms with Crippen LogP contribution in [0.3, 0.4) is 0 Å². The van der Waals surface area contributed by atoms with Gasteiger partial charge in [0.25, 0.3) is 0 Å². The van der Waals surface area contributed by atoms with E-state index < -0.39 is 0 Å². The van der Waals surface area contributed by atoms with Crippen LogP contribution in [0.2, 0.25) is 5.02 Å². The fraction of sp³-hybridized carbons (Fsp3) is 0.500. The van der Waals surface area contributed by atoms with Gasteiger partial charge in [0.05, 0.1) is 16.4 Å². The molecule has 5 heteroatoms. The van der Waals surface area contributed by atoms with Crippen molar-refractivity contribution in [2.75, 3.05) is 5.75 Å². The Kier molecular flexibility index (Phi) is 4.25. The molecule has 3 rings (SSSR count). The summed E-state index contributed by atoms with van der Waals surface area (Å²) in [7, 11) is 0. The Morgan fingerprint density at radius 3 is 3.00 bits per heavy atom. The number of hydrogen-bond donors (Lipinski definition) is 0. The zero-order valence-corrected chi connectivity index (χ0v) is 12.9. The number of thioether (sulfide) groups is 1. The molecule has 0 aliphatic carbocycles. The molecule has 1 unspecified atom stereocenters. The van der Waals surface area contributed by atoms with E-state index in [4.69, 9.17) is 23.2 Å². The first-order valence-electron chi connectivity index (χ1n) is 6.61. The first kappa shape index (κ1) is 13.6. The average Bonchev–Trinajstić information content (AvgIpc) is 2.80. The fourth-order valence-corrected chi connectivity index (χ4v) is 4.33. The third kappa shape index (κ3) is 2.74. The number of rotatable bonds is 3. The maximum atomic E-state index is 6.22. The Morgan fingerprint density at radius 2 is 2.26 bits per heavy atom. The van der Waals surface area contributed by atoms with Gasteiger partial charge in [-0.15, -0.1) is 11.6 Å². The molecule has 0 radical (unpaired) electrons. The van der Waals surface area contributed by atoms with E-state index in [0.29, 0.717) is 16.2 Å². The van der Waals surface area contributed by atoms with Gasteiger partial charge in [-0.25, -0.2) is 4.98 Å². The second-order valence-electron chi connectivity index (χ2n) is 4.87. The second-order valence-corrected chi connectivity index (χ2v) is 6.95. The van der Waals surface area contributed by atoms with Crippen molar-refractivity contribution in [2.24, 2.45) is 0 Å². The summed E-state index contributed by atoms with van der Waals surface area (Å²) in [6.45, 7) is 0.990. The van der Waals surface area contributed by atoms with Crippen LogP contribution in [0.5, 0.6) is 0 Å². The molecule has 0 spiro atoms. The predicted molar refractivity (Wildman–Crippen MR) is 84.4 cm³/mol. The molecule has 0 amide bonds. The van der Waals surface area contributed by atoms with Crippen molar-refractivity contribution < 1.29 is 0 Å². The van der Waals surface area contributed by atoms with E-state index in [-0.39, 0.29) is 0 Å². The first-order chi connectivity index (χ1) is 9.29. The van der Waals surface area contributed by atoms with Crippen LogP contribution in [-0.4, -0.2) is 20.6 Å². The maximum absolute atomic E-state index is 6.22. The Labute approximate surface area is 127 Å². The van der Waals surface area contributed by atoms with E-state index in [9.17, 15) is 0 Å². The van der Waals surface area contributed by atoms with Crippen LogP contribution in [0, 0.1) is 0 Å². The molecule has 1 atom stereocenters. The minimum Gasteiger partial charge on any atom is -0.326 e. The van der Waals surface area contributed by atoms with Crippen LogP contribution in [0.1, 0.15) is 25.1 Å². The van der Waals surface area contributed by atoms with Gasteiger partial charge in [-0.1, -0.05) is 24.1 Å². The molecule has 2 nitrogen and oxygen atoms in total. The molecule has 0 saturated carbocycles. The molecule has 1 aliphatic heterocycles. The molecule has 1 saturated heterocycles. The third-order valence-corrected chi connectivity index (χ3v) is 5.51. The highest BCUT2D eigenvalue weighted by molar-refractivity contribution is 7.99. The fourth-order valence-electron chi connectivity index (χ4n) is 2.62. The SMILES string of the molecule is ClCc1nc2c(Cl)cccc2n1CC1CCCCS1. The highest BCUT2D eigenvalue weighted by Gasteiger charge is 2.18. The second kappa shape index (κ2) is 5.94. The number of halogens is 2. The molecular weight excluding hydrogens is 299 g/mol. The van der Waals surface area contributed by atoms with Gasteiger partial charge >= 0.3 is 0 Å². The van der Waals surface area contributed by atoms with E-state index in [1.54, 1.807) is 0 Å². The van der Waals surface area contributed by atoms with Gasteiger partial charge in [0.15, 0.2) is 0 Å². The van der Waals surface area contributed by atoms with Gasteiger partial charge in [0.2, 0.25) is 0 Å². The lowest BCUT2D eigenvalue weighted by Gasteiger charge is -2.22. The number of nitrogens with zero attached hydrogens (tertiary/aromatic N) is 2. The van der Waals surface area contributed by atoms with E-state index >= 15 is 0 Å². The lowest BCUT2D eigenvalue weighted by Crippen LogP contribution is -2.18. The summed E-state index contributed by atoms with van der Waals surface area (Å²) in [5.74, 6) is 2.63. The van der Waals surface area contributed by atoms with Crippen molar-refractivity contribution in [3.8, 4) is 0 Å². The van der Waals surface area contributed by atoms with Gasteiger partial charge < -0.3 is 4.57 Å². The smallest absolute Gasteiger partial charge is 0.124 e. The number of fused-ring (bicyclic) bond motifs is 1. The Bertz CT molecular complexity index is 576. The number of para-hydroxylation sites is 1. The van der Waals surface area contributed by atoms with Crippen LogP contribution in [0.25, 0.3) is 11.0 Å². The van der Waals surface area contributed by atoms with Crippen molar-refractivity contribution in [1.29, 1.82) is 0 Å². The summed E-state index contributed by atoms with van der Waals surface area (Å²) in [4.78, 5) is 4.59. The molecular formula is C14H16Cl2N2S. The van der Waals surface area contributed by atoms with Gasteiger partial charge in [-0.2, -0.15) is 11.8 Å². The normalized spacial score (nSPS) is 20.0. The van der Waals surface area contributed by atoms with Crippen molar-refractivity contribution >= 4 is 46.0 Å². The summed E-state index contributed by atoms with van der Waals surface area (Å²) in [6, 6.07) is 5.95. The van der Waals surface area contributed by atoms with Crippen molar-refractivity contribution in [2.45, 2.75) is 36.9 Å². The van der Waals surface area contributed by atoms with Gasteiger partial charge in [-0.3, -0.25) is 0 Å². The highest BCUT2D eigenvalue weighted by Crippen LogP contribution is 2.30. The number of hydrogen-bond acceptors (Lipinski definition) is 2. The highest BCUT2D eigenvalue weighted by atomic mass is 35.5. The molecule has 2 aromatic rings. The van der Waals surface area contributed by atoms with Crippen LogP contribution < -0.4 is 0 Å². The van der Waals surface area contributed by atoms with Gasteiger partial charge in [-0.05, 0) is 30.7 Å². The van der Waals surface area contributed by atoms with Gasteiger partial charge in [0, 0.05) is 11.8 Å². The zero-order chi connectivity index (χ0) is 13.2. The summed E-state index contributed by atoms with van der Waals surface area (Å²) in [5, 5.41) is 1.38. The minimum atomic E-state index is 0.433. The Hall–Kier alpha value is -0.380. The topological polar surface area (TPSA) is 17.8 Å². The van der Waals surface area contributed by atoms with E-state index in [0.717, 1.165) is 23.4 Å². The van der Waals surface area contributed by atoms with Crippen LogP contribution in [-0.2, 0) is 12.4 Å². The van der Waals surface area contributed by atoms with Crippen LogP contribution in [0.15, 0.2) is 18.2 Å². The largest absolute Gasteiger partial charge is 0.326 e. The van der Waals surface area contributed by atoms with Crippen LogP contribution >= 0.6 is 35.0 Å². The van der Waals surface area contributed by atoms with E-state index in [1.165, 1.54) is 25.0 Å². The lowest BCUT2D eigenvalue weighted by molar-refractivity contribution is 0.582. The quantitative estimate of drug-likeness (QED) is 0.763. The van der Waals surface area contributed by atoms with Gasteiger partial charge in [0.1, 0.15) is 11.3 Å². The molecule has 0 N–H and O–H groups in total. The zero-order valence-electron chi connectivity index (χ0n) is 10.6. The third-order valence-electron chi connectivity index (χ3n) is 3.59. The Morgan fingerprint density at radius 1 is 1.37 bits per heavy atom. The number of alkyl halides is 1. The maximum Gasteiger partial charge on any atom is 0.124 e. The average molecular weight is 315 g/mol. The van der Waals surface area contributed by atoms with Crippen molar-refractivity contribution in [3.05, 3.63) is 29.0 Å². The molecule has 102 valence electrons. The number of aromatic nitrogens is 2. The van der Waals surface area contributed by atoms with Crippen molar-refractivity contribution in [3.63, 3.8) is 0 Å². The first-order valence-corrected chi connectivity index (χ1v) is 8.57. The van der Waals surface area contributed by atoms with Crippen molar-refractivity contribution in [1.82, 2.24) is 9.55 Å². The standard InChI is InChI=1S/C14H16Cl2N2S/c15-8-13-17-14-11(16)5-3-6-12(14)18(13)9-10-4-1-2-7-19-10/h3,5-6,10H,1-2,4,7-9H2. The number of benzene rings is 1. The lowest BCUT2D eigenvalue weighted by atomic mass is 10.2. The summed E-state index contributed by atoms with van der Waals surface area (Å²) in [5.41, 5.74) is 1.98. The van der Waals surface area contributed by atoms with E-state index in [2.05, 4.69) is 27.4 Å². The Balaban J connectivity index is 1.98. The monoisotopic (exact) mass is 314 g/mol. The molecule has 19 heavy (non-hydrogen) atoms. The minimum absolute atomic E-state index is 0.433. The molecule has 1 aliphatic rings. The molecule has 1 fully saturated rings. The van der Waals surface area contributed by atoms with E-state index in [1.807, 2.05) is 12.1 Å². The van der Waals surface area contributed by atoms with Crippen LogP contribution in [0.4, 0.5) is 0 Å². The molecule has 2 heterocycles. The number of imidazole rings is 1. The summed E-state index contributed by atoms with van der Waals surface area (Å²) < 4.78 is 2.25.